The molecule has 0 aromatic heterocycles. The predicted octanol–water partition coefficient (Wildman–Crippen LogP) is 1.30. The molecule has 1 fully saturated rings. The Morgan fingerprint density at radius 1 is 1.43 bits per heavy atom. The van der Waals surface area contributed by atoms with Crippen LogP contribution in [0.25, 0.3) is 0 Å². The van der Waals surface area contributed by atoms with Crippen LogP contribution in [0.3, 0.4) is 0 Å². The Labute approximate surface area is 141 Å². The number of nitro groups is 1. The molecule has 2 N–H and O–H groups in total. The molecule has 1 saturated heterocycles. The number of hydrogen-bond acceptors (Lipinski definition) is 6. The van der Waals surface area contributed by atoms with E-state index in [9.17, 15) is 18.5 Å². The first-order valence-electron chi connectivity index (χ1n) is 6.90. The number of nitrogens with zero attached hydrogens (tertiary/aromatic N) is 1. The van der Waals surface area contributed by atoms with Crippen LogP contribution >= 0.6 is 12.4 Å². The molecular formula is C13H20ClN3O5S. The van der Waals surface area contributed by atoms with E-state index < -0.39 is 20.6 Å². The summed E-state index contributed by atoms with van der Waals surface area (Å²) in [5, 5.41) is 14.3. The first-order valence-corrected chi connectivity index (χ1v) is 8.39. The van der Waals surface area contributed by atoms with Gasteiger partial charge in [0.25, 0.3) is 5.69 Å². The van der Waals surface area contributed by atoms with Gasteiger partial charge in [-0.2, -0.15) is 0 Å². The zero-order valence-corrected chi connectivity index (χ0v) is 14.4. The highest BCUT2D eigenvalue weighted by atomic mass is 35.5. The Balaban J connectivity index is 0.00000264. The molecule has 0 amide bonds. The average Bonchev–Trinajstić information content (AvgIpc) is 2.48. The second-order valence-electron chi connectivity index (χ2n) is 5.29. The smallest absolute Gasteiger partial charge is 0.293 e. The minimum atomic E-state index is -3.98. The van der Waals surface area contributed by atoms with E-state index in [1.54, 1.807) is 0 Å². The van der Waals surface area contributed by atoms with Crippen molar-refractivity contribution < 1.29 is 18.1 Å². The van der Waals surface area contributed by atoms with Gasteiger partial charge in [0.1, 0.15) is 5.75 Å². The van der Waals surface area contributed by atoms with Gasteiger partial charge in [-0.1, -0.05) is 6.92 Å². The second kappa shape index (κ2) is 7.91. The van der Waals surface area contributed by atoms with E-state index >= 15 is 0 Å². The molecule has 2 rings (SSSR count). The Hall–Kier alpha value is -1.42. The van der Waals surface area contributed by atoms with Crippen molar-refractivity contribution in [1.82, 2.24) is 10.0 Å². The van der Waals surface area contributed by atoms with Crippen LogP contribution in [-0.2, 0) is 10.0 Å². The van der Waals surface area contributed by atoms with Crippen LogP contribution in [0, 0.1) is 16.0 Å². The van der Waals surface area contributed by atoms with Crippen molar-refractivity contribution in [2.75, 3.05) is 20.2 Å². The van der Waals surface area contributed by atoms with E-state index in [1.165, 1.54) is 19.2 Å². The zero-order valence-electron chi connectivity index (χ0n) is 12.8. The highest BCUT2D eigenvalue weighted by Gasteiger charge is 2.31. The number of methoxy groups -OCH3 is 1. The molecule has 1 aliphatic rings. The number of halogens is 1. The molecular weight excluding hydrogens is 346 g/mol. The van der Waals surface area contributed by atoms with Gasteiger partial charge in [0.2, 0.25) is 10.0 Å². The second-order valence-corrected chi connectivity index (χ2v) is 6.97. The quantitative estimate of drug-likeness (QED) is 0.601. The molecule has 130 valence electrons. The first-order chi connectivity index (χ1) is 10.3. The lowest BCUT2D eigenvalue weighted by atomic mass is 9.96. The van der Waals surface area contributed by atoms with E-state index in [4.69, 9.17) is 4.74 Å². The lowest BCUT2D eigenvalue weighted by molar-refractivity contribution is -0.387. The lowest BCUT2D eigenvalue weighted by Crippen LogP contribution is -2.50. The molecule has 23 heavy (non-hydrogen) atoms. The van der Waals surface area contributed by atoms with Gasteiger partial charge in [0, 0.05) is 12.6 Å². The standard InChI is InChI=1S/C13H19N3O5S.ClH/c1-9-5-6-14-8-11(9)15-22(19,20)13-4-3-10(21-2)7-12(13)16(17)18;/h3-4,7,9,11,14-15H,5-6,8H2,1-2H3;1H. The van der Waals surface area contributed by atoms with Gasteiger partial charge < -0.3 is 10.1 Å². The summed E-state index contributed by atoms with van der Waals surface area (Å²) in [6, 6.07) is 3.40. The normalized spacial score (nSPS) is 21.3. The van der Waals surface area contributed by atoms with Crippen LogP contribution in [0.15, 0.2) is 23.1 Å². The molecule has 8 nitrogen and oxygen atoms in total. The zero-order chi connectivity index (χ0) is 16.3. The highest BCUT2D eigenvalue weighted by molar-refractivity contribution is 7.89. The van der Waals surface area contributed by atoms with Crippen LogP contribution in [-0.4, -0.2) is 39.6 Å². The molecule has 2 atom stereocenters. The molecule has 0 bridgehead atoms. The van der Waals surface area contributed by atoms with E-state index in [1.807, 2.05) is 6.92 Å². The van der Waals surface area contributed by atoms with Crippen LogP contribution in [0.4, 0.5) is 5.69 Å². The number of nitro benzene ring substituents is 1. The van der Waals surface area contributed by atoms with E-state index in [-0.39, 0.29) is 35.0 Å². The number of hydrogen-bond donors (Lipinski definition) is 2. The van der Waals surface area contributed by atoms with E-state index in [0.29, 0.717) is 6.54 Å². The van der Waals surface area contributed by atoms with Gasteiger partial charge in [0.15, 0.2) is 4.90 Å². The molecule has 1 aromatic carbocycles. The largest absolute Gasteiger partial charge is 0.497 e. The summed E-state index contributed by atoms with van der Waals surface area (Å²) in [5.74, 6) is 0.395. The third kappa shape index (κ3) is 4.54. The predicted molar refractivity (Wildman–Crippen MR) is 87.7 cm³/mol. The van der Waals surface area contributed by atoms with Gasteiger partial charge in [-0.3, -0.25) is 10.1 Å². The van der Waals surface area contributed by atoms with Crippen molar-refractivity contribution in [2.45, 2.75) is 24.3 Å². The summed E-state index contributed by atoms with van der Waals surface area (Å²) in [5.41, 5.74) is -0.497. The molecule has 0 aliphatic carbocycles. The molecule has 0 spiro atoms. The van der Waals surface area contributed by atoms with Crippen molar-refractivity contribution in [3.8, 4) is 5.75 Å². The summed E-state index contributed by atoms with van der Waals surface area (Å²) in [4.78, 5) is 10.1. The van der Waals surface area contributed by atoms with Gasteiger partial charge in [-0.25, -0.2) is 13.1 Å². The van der Waals surface area contributed by atoms with Crippen LogP contribution in [0.1, 0.15) is 13.3 Å². The van der Waals surface area contributed by atoms with Gasteiger partial charge in [-0.15, -0.1) is 12.4 Å². The number of sulfonamides is 1. The molecule has 1 heterocycles. The maximum absolute atomic E-state index is 12.5. The van der Waals surface area contributed by atoms with Crippen molar-refractivity contribution in [3.63, 3.8) is 0 Å². The number of piperidine rings is 1. The molecule has 0 saturated carbocycles. The Bertz CT molecular complexity index is 668. The topological polar surface area (TPSA) is 111 Å². The monoisotopic (exact) mass is 365 g/mol. The van der Waals surface area contributed by atoms with Crippen LogP contribution < -0.4 is 14.8 Å². The van der Waals surface area contributed by atoms with Crippen molar-refractivity contribution >= 4 is 28.1 Å². The number of benzene rings is 1. The molecule has 10 heteroatoms. The van der Waals surface area contributed by atoms with Gasteiger partial charge >= 0.3 is 0 Å². The molecule has 1 aliphatic heterocycles. The Morgan fingerprint density at radius 2 is 2.13 bits per heavy atom. The van der Waals surface area contributed by atoms with Crippen LogP contribution in [0.2, 0.25) is 0 Å². The lowest BCUT2D eigenvalue weighted by Gasteiger charge is -2.29. The third-order valence-electron chi connectivity index (χ3n) is 3.79. The van der Waals surface area contributed by atoms with E-state index in [2.05, 4.69) is 10.0 Å². The SMILES string of the molecule is COc1ccc(S(=O)(=O)NC2CNCCC2C)c([N+](=O)[O-])c1.Cl. The van der Waals surface area contributed by atoms with Crippen molar-refractivity contribution in [2.24, 2.45) is 5.92 Å². The fourth-order valence-electron chi connectivity index (χ4n) is 2.40. The summed E-state index contributed by atoms with van der Waals surface area (Å²) in [7, 11) is -2.62. The number of ether oxygens (including phenoxy) is 1. The van der Waals surface area contributed by atoms with Crippen LogP contribution in [0.5, 0.6) is 5.75 Å². The molecule has 2 unspecified atom stereocenters. The summed E-state index contributed by atoms with van der Waals surface area (Å²) in [6.07, 6.45) is 0.845. The first kappa shape index (κ1) is 19.6. The van der Waals surface area contributed by atoms with Crippen molar-refractivity contribution in [1.29, 1.82) is 0 Å². The molecule has 0 radical (unpaired) electrons. The third-order valence-corrected chi connectivity index (χ3v) is 5.32. The van der Waals surface area contributed by atoms with Crippen molar-refractivity contribution in [3.05, 3.63) is 28.3 Å². The minimum Gasteiger partial charge on any atom is -0.497 e. The fraction of sp³-hybridized carbons (Fsp3) is 0.538. The van der Waals surface area contributed by atoms with Gasteiger partial charge in [-0.05, 0) is 31.0 Å². The fourth-order valence-corrected chi connectivity index (χ4v) is 3.90. The Kier molecular flexibility index (Phi) is 6.75. The number of rotatable bonds is 5. The number of nitrogens with one attached hydrogen (secondary N) is 2. The minimum absolute atomic E-state index is 0. The Morgan fingerprint density at radius 3 is 2.70 bits per heavy atom. The van der Waals surface area contributed by atoms with E-state index in [0.717, 1.165) is 19.0 Å². The summed E-state index contributed by atoms with van der Waals surface area (Å²) in [6.45, 7) is 3.29. The maximum atomic E-state index is 12.5. The highest BCUT2D eigenvalue weighted by Crippen LogP contribution is 2.28. The average molecular weight is 366 g/mol. The van der Waals surface area contributed by atoms with Gasteiger partial charge in [0.05, 0.1) is 18.1 Å². The summed E-state index contributed by atoms with van der Waals surface area (Å²) < 4.78 is 32.4. The summed E-state index contributed by atoms with van der Waals surface area (Å²) >= 11 is 0. The maximum Gasteiger partial charge on any atom is 0.293 e. The molecule has 1 aromatic rings.